The summed E-state index contributed by atoms with van der Waals surface area (Å²) >= 11 is 0. The van der Waals surface area contributed by atoms with E-state index in [4.69, 9.17) is 4.74 Å². The van der Waals surface area contributed by atoms with Gasteiger partial charge in [-0.2, -0.15) is 0 Å². The summed E-state index contributed by atoms with van der Waals surface area (Å²) in [5.41, 5.74) is -0.00208. The van der Waals surface area contributed by atoms with Crippen LogP contribution in [0.25, 0.3) is 0 Å². The Morgan fingerprint density at radius 3 is 2.47 bits per heavy atom. The predicted molar refractivity (Wildman–Crippen MR) is 70.1 cm³/mol. The number of halogens is 1. The maximum absolute atomic E-state index is 14.5. The van der Waals surface area contributed by atoms with Crippen molar-refractivity contribution in [1.29, 1.82) is 0 Å². The molecule has 0 atom stereocenters. The molecule has 1 aromatic rings. The lowest BCUT2D eigenvalue weighted by Gasteiger charge is -2.34. The summed E-state index contributed by atoms with van der Waals surface area (Å²) in [6.45, 7) is 1.82. The van der Waals surface area contributed by atoms with Gasteiger partial charge in [0.2, 0.25) is 0 Å². The summed E-state index contributed by atoms with van der Waals surface area (Å²) in [4.78, 5) is 11.7. The largest absolute Gasteiger partial charge is 0.494 e. The number of aryl methyl sites for hydroxylation is 1. The van der Waals surface area contributed by atoms with E-state index in [2.05, 4.69) is 0 Å². The highest BCUT2D eigenvalue weighted by Gasteiger charge is 2.43. The first-order valence-corrected chi connectivity index (χ1v) is 6.59. The van der Waals surface area contributed by atoms with E-state index in [1.54, 1.807) is 12.1 Å². The molecule has 1 aliphatic rings. The number of rotatable bonds is 3. The van der Waals surface area contributed by atoms with E-state index in [0.29, 0.717) is 12.8 Å². The maximum atomic E-state index is 14.5. The van der Waals surface area contributed by atoms with Crippen molar-refractivity contribution >= 4 is 5.97 Å². The Balaban J connectivity index is 2.59. The Morgan fingerprint density at radius 2 is 1.95 bits per heavy atom. The number of hydrogen-bond acceptors (Lipinski definition) is 2. The Hall–Kier alpha value is -1.58. The van der Waals surface area contributed by atoms with Crippen molar-refractivity contribution in [2.24, 2.45) is 0 Å². The quantitative estimate of drug-likeness (QED) is 0.911. The molecular formula is C15H19FO3. The molecule has 1 N–H and O–H groups in total. The molecule has 0 aliphatic heterocycles. The summed E-state index contributed by atoms with van der Waals surface area (Å²) in [5.74, 6) is -1.34. The van der Waals surface area contributed by atoms with Gasteiger partial charge in [0.05, 0.1) is 12.5 Å². The van der Waals surface area contributed by atoms with E-state index in [1.807, 2.05) is 6.92 Å². The van der Waals surface area contributed by atoms with E-state index >= 15 is 0 Å². The first-order valence-electron chi connectivity index (χ1n) is 6.59. The van der Waals surface area contributed by atoms with Crippen molar-refractivity contribution in [3.8, 4) is 5.75 Å². The highest BCUT2D eigenvalue weighted by molar-refractivity contribution is 5.82. The summed E-state index contributed by atoms with van der Waals surface area (Å²) in [6, 6.07) is 3.24. The molecule has 2 rings (SSSR count). The van der Waals surface area contributed by atoms with Crippen LogP contribution in [0.15, 0.2) is 12.1 Å². The van der Waals surface area contributed by atoms with E-state index in [9.17, 15) is 14.3 Å². The fraction of sp³-hybridized carbons (Fsp3) is 0.533. The number of carboxylic acid groups (broad SMARTS) is 1. The van der Waals surface area contributed by atoms with E-state index in [1.165, 1.54) is 7.11 Å². The number of carboxylic acids is 1. The van der Waals surface area contributed by atoms with Crippen LogP contribution in [0.4, 0.5) is 4.39 Å². The molecule has 0 unspecified atom stereocenters. The lowest BCUT2D eigenvalue weighted by atomic mass is 9.69. The van der Waals surface area contributed by atoms with Crippen LogP contribution in [0.3, 0.4) is 0 Å². The number of benzene rings is 1. The highest BCUT2D eigenvalue weighted by atomic mass is 19.1. The van der Waals surface area contributed by atoms with Gasteiger partial charge >= 0.3 is 5.97 Å². The van der Waals surface area contributed by atoms with Gasteiger partial charge in [-0.3, -0.25) is 4.79 Å². The molecule has 1 fully saturated rings. The van der Waals surface area contributed by atoms with Crippen LogP contribution < -0.4 is 4.74 Å². The third-order valence-electron chi connectivity index (χ3n) is 4.04. The minimum atomic E-state index is -1.10. The molecule has 3 nitrogen and oxygen atoms in total. The van der Waals surface area contributed by atoms with Gasteiger partial charge in [0.25, 0.3) is 0 Å². The van der Waals surface area contributed by atoms with Gasteiger partial charge in [-0.15, -0.1) is 0 Å². The standard InChI is InChI=1S/C15H19FO3/c1-10-8-11(13(16)12(9-10)19-2)15(14(17)18)6-4-3-5-7-15/h8-9H,3-7H2,1-2H3,(H,17,18). The number of ether oxygens (including phenoxy) is 1. The normalized spacial score (nSPS) is 18.1. The third-order valence-corrected chi connectivity index (χ3v) is 4.04. The molecule has 4 heteroatoms. The van der Waals surface area contributed by atoms with Crippen LogP contribution in [-0.2, 0) is 10.2 Å². The first kappa shape index (κ1) is 13.8. The van der Waals surface area contributed by atoms with Gasteiger partial charge < -0.3 is 9.84 Å². The van der Waals surface area contributed by atoms with Crippen molar-refractivity contribution in [2.75, 3.05) is 7.11 Å². The fourth-order valence-corrected chi connectivity index (χ4v) is 2.99. The Kier molecular flexibility index (Phi) is 3.78. The summed E-state index contributed by atoms with van der Waals surface area (Å²) in [7, 11) is 1.40. The molecule has 0 heterocycles. The lowest BCUT2D eigenvalue weighted by Crippen LogP contribution is -2.38. The van der Waals surface area contributed by atoms with Crippen LogP contribution >= 0.6 is 0 Å². The zero-order valence-electron chi connectivity index (χ0n) is 11.3. The second-order valence-electron chi connectivity index (χ2n) is 5.28. The topological polar surface area (TPSA) is 46.5 Å². The maximum Gasteiger partial charge on any atom is 0.314 e. The minimum absolute atomic E-state index is 0.126. The molecule has 19 heavy (non-hydrogen) atoms. The summed E-state index contributed by atoms with van der Waals surface area (Å²) in [6.07, 6.45) is 3.64. The van der Waals surface area contributed by atoms with Crippen LogP contribution in [0, 0.1) is 12.7 Å². The van der Waals surface area contributed by atoms with Gasteiger partial charge in [-0.1, -0.05) is 25.3 Å². The second kappa shape index (κ2) is 5.19. The van der Waals surface area contributed by atoms with Crippen molar-refractivity contribution in [1.82, 2.24) is 0 Å². The molecule has 0 bridgehead atoms. The van der Waals surface area contributed by atoms with Gasteiger partial charge in [0.15, 0.2) is 11.6 Å². The van der Waals surface area contributed by atoms with E-state index in [-0.39, 0.29) is 11.3 Å². The van der Waals surface area contributed by atoms with Crippen LogP contribution in [0.2, 0.25) is 0 Å². The van der Waals surface area contributed by atoms with Crippen LogP contribution in [0.5, 0.6) is 5.75 Å². The average molecular weight is 266 g/mol. The Morgan fingerprint density at radius 1 is 1.32 bits per heavy atom. The summed E-state index contributed by atoms with van der Waals surface area (Å²) < 4.78 is 19.5. The van der Waals surface area contributed by atoms with Gasteiger partial charge in [-0.05, 0) is 31.4 Å². The highest BCUT2D eigenvalue weighted by Crippen LogP contribution is 2.42. The monoisotopic (exact) mass is 266 g/mol. The second-order valence-corrected chi connectivity index (χ2v) is 5.28. The molecule has 1 aromatic carbocycles. The zero-order valence-corrected chi connectivity index (χ0v) is 11.3. The smallest absolute Gasteiger partial charge is 0.314 e. The molecule has 0 saturated heterocycles. The Bertz CT molecular complexity index is 490. The zero-order chi connectivity index (χ0) is 14.0. The summed E-state index contributed by atoms with van der Waals surface area (Å²) in [5, 5.41) is 9.61. The van der Waals surface area contributed by atoms with E-state index in [0.717, 1.165) is 24.8 Å². The van der Waals surface area contributed by atoms with Crippen molar-refractivity contribution in [3.63, 3.8) is 0 Å². The molecular weight excluding hydrogens is 247 g/mol. The number of hydrogen-bond donors (Lipinski definition) is 1. The predicted octanol–water partition coefficient (Wildman–Crippen LogP) is 3.43. The van der Waals surface area contributed by atoms with Gasteiger partial charge in [0.1, 0.15) is 0 Å². The van der Waals surface area contributed by atoms with Crippen molar-refractivity contribution in [2.45, 2.75) is 44.4 Å². The van der Waals surface area contributed by atoms with Crippen molar-refractivity contribution < 1.29 is 19.0 Å². The molecule has 1 aliphatic carbocycles. The first-order chi connectivity index (χ1) is 9.01. The van der Waals surface area contributed by atoms with Crippen molar-refractivity contribution in [3.05, 3.63) is 29.1 Å². The third kappa shape index (κ3) is 2.31. The van der Waals surface area contributed by atoms with Crippen LogP contribution in [0.1, 0.15) is 43.2 Å². The van der Waals surface area contributed by atoms with Gasteiger partial charge in [0, 0.05) is 5.56 Å². The Labute approximate surface area is 112 Å². The SMILES string of the molecule is COc1cc(C)cc(C2(C(=O)O)CCCCC2)c1F. The average Bonchev–Trinajstić information content (AvgIpc) is 2.41. The van der Waals surface area contributed by atoms with Gasteiger partial charge in [-0.25, -0.2) is 4.39 Å². The van der Waals surface area contributed by atoms with Crippen LogP contribution in [-0.4, -0.2) is 18.2 Å². The molecule has 0 radical (unpaired) electrons. The molecule has 104 valence electrons. The molecule has 1 saturated carbocycles. The number of carbonyl (C=O) groups is 1. The molecule has 0 spiro atoms. The fourth-order valence-electron chi connectivity index (χ4n) is 2.99. The lowest BCUT2D eigenvalue weighted by molar-refractivity contribution is -0.145. The number of aliphatic carboxylic acids is 1. The van der Waals surface area contributed by atoms with E-state index < -0.39 is 17.2 Å². The molecule has 0 aromatic heterocycles. The minimum Gasteiger partial charge on any atom is -0.494 e. The molecule has 0 amide bonds. The number of methoxy groups -OCH3 is 1.